The van der Waals surface area contributed by atoms with Gasteiger partial charge in [0.1, 0.15) is 0 Å². The monoisotopic (exact) mass is 186 g/mol. The van der Waals surface area contributed by atoms with Crippen LogP contribution in [-0.2, 0) is 4.79 Å². The van der Waals surface area contributed by atoms with Crippen molar-refractivity contribution in [2.75, 3.05) is 0 Å². The molecule has 76 valence electrons. The van der Waals surface area contributed by atoms with Gasteiger partial charge in [-0.15, -0.1) is 0 Å². The predicted molar refractivity (Wildman–Crippen MR) is 49.4 cm³/mol. The van der Waals surface area contributed by atoms with Crippen molar-refractivity contribution >= 4 is 5.97 Å². The third-order valence-corrected chi connectivity index (χ3v) is 2.92. The fraction of sp³-hybridized carbons (Fsp3) is 0.900. The molecule has 0 amide bonds. The highest BCUT2D eigenvalue weighted by Crippen LogP contribution is 2.29. The van der Waals surface area contributed by atoms with Crippen LogP contribution in [0.1, 0.15) is 39.0 Å². The second kappa shape index (κ2) is 4.61. The average Bonchev–Trinajstić information content (AvgIpc) is 2.08. The molecule has 3 nitrogen and oxygen atoms in total. The number of carboxylic acids is 1. The number of rotatable bonds is 3. The Kier molecular flexibility index (Phi) is 3.72. The van der Waals surface area contributed by atoms with E-state index in [0.717, 1.165) is 32.1 Å². The maximum absolute atomic E-state index is 10.6. The Bertz CT molecular complexity index is 171. The van der Waals surface area contributed by atoms with E-state index in [9.17, 15) is 9.90 Å². The summed E-state index contributed by atoms with van der Waals surface area (Å²) < 4.78 is 0. The van der Waals surface area contributed by atoms with Gasteiger partial charge in [0.25, 0.3) is 0 Å². The van der Waals surface area contributed by atoms with Gasteiger partial charge in [-0.05, 0) is 38.0 Å². The van der Waals surface area contributed by atoms with Crippen LogP contribution in [0.5, 0.6) is 0 Å². The van der Waals surface area contributed by atoms with Crippen molar-refractivity contribution in [1.29, 1.82) is 0 Å². The summed E-state index contributed by atoms with van der Waals surface area (Å²) in [4.78, 5) is 10.6. The topological polar surface area (TPSA) is 57.5 Å². The quantitative estimate of drug-likeness (QED) is 0.704. The largest absolute Gasteiger partial charge is 0.481 e. The van der Waals surface area contributed by atoms with Crippen LogP contribution in [0, 0.1) is 11.8 Å². The Hall–Kier alpha value is -0.570. The van der Waals surface area contributed by atoms with Crippen LogP contribution < -0.4 is 0 Å². The molecule has 0 aliphatic heterocycles. The summed E-state index contributed by atoms with van der Waals surface area (Å²) in [6, 6.07) is 0. The Morgan fingerprint density at radius 3 is 2.38 bits per heavy atom. The zero-order valence-corrected chi connectivity index (χ0v) is 8.07. The molecule has 0 heterocycles. The highest BCUT2D eigenvalue weighted by atomic mass is 16.4. The van der Waals surface area contributed by atoms with E-state index in [4.69, 9.17) is 5.11 Å². The molecular formula is C10H18O3. The van der Waals surface area contributed by atoms with Crippen molar-refractivity contribution in [1.82, 2.24) is 0 Å². The smallest absolute Gasteiger partial charge is 0.306 e. The van der Waals surface area contributed by atoms with Gasteiger partial charge in [0.2, 0.25) is 0 Å². The summed E-state index contributed by atoms with van der Waals surface area (Å²) in [5.74, 6) is -0.430. The lowest BCUT2D eigenvalue weighted by Crippen LogP contribution is -2.22. The van der Waals surface area contributed by atoms with Crippen molar-refractivity contribution in [3.05, 3.63) is 0 Å². The van der Waals surface area contributed by atoms with Gasteiger partial charge in [0.05, 0.1) is 12.0 Å². The van der Waals surface area contributed by atoms with Crippen LogP contribution in [0.2, 0.25) is 0 Å². The molecular weight excluding hydrogens is 168 g/mol. The van der Waals surface area contributed by atoms with E-state index >= 15 is 0 Å². The maximum Gasteiger partial charge on any atom is 0.306 e. The highest BCUT2D eigenvalue weighted by Gasteiger charge is 2.23. The van der Waals surface area contributed by atoms with E-state index < -0.39 is 5.97 Å². The lowest BCUT2D eigenvalue weighted by atomic mass is 9.82. The zero-order chi connectivity index (χ0) is 9.84. The minimum absolute atomic E-state index is 0.142. The third kappa shape index (κ3) is 3.35. The van der Waals surface area contributed by atoms with E-state index in [2.05, 4.69) is 0 Å². The Morgan fingerprint density at radius 1 is 1.38 bits per heavy atom. The SMILES string of the molecule is C[C@@H](CC1CCC(O)CC1)C(=O)O. The molecule has 0 aromatic heterocycles. The molecule has 0 unspecified atom stereocenters. The molecule has 0 bridgehead atoms. The van der Waals surface area contributed by atoms with Gasteiger partial charge >= 0.3 is 5.97 Å². The van der Waals surface area contributed by atoms with Gasteiger partial charge in [-0.3, -0.25) is 4.79 Å². The molecule has 13 heavy (non-hydrogen) atoms. The number of carbonyl (C=O) groups is 1. The predicted octanol–water partition coefficient (Wildman–Crippen LogP) is 1.65. The van der Waals surface area contributed by atoms with Gasteiger partial charge in [-0.25, -0.2) is 0 Å². The minimum Gasteiger partial charge on any atom is -0.481 e. The van der Waals surface area contributed by atoms with Crippen LogP contribution in [0.3, 0.4) is 0 Å². The van der Waals surface area contributed by atoms with Crippen LogP contribution >= 0.6 is 0 Å². The average molecular weight is 186 g/mol. The zero-order valence-electron chi connectivity index (χ0n) is 8.07. The van der Waals surface area contributed by atoms with Crippen molar-refractivity contribution < 1.29 is 15.0 Å². The number of carboxylic acid groups (broad SMARTS) is 1. The Balaban J connectivity index is 2.26. The fourth-order valence-electron chi connectivity index (χ4n) is 1.98. The Morgan fingerprint density at radius 2 is 1.92 bits per heavy atom. The first-order valence-corrected chi connectivity index (χ1v) is 5.00. The van der Waals surface area contributed by atoms with Gasteiger partial charge in [0, 0.05) is 0 Å². The number of aliphatic carboxylic acids is 1. The van der Waals surface area contributed by atoms with Crippen LogP contribution in [0.15, 0.2) is 0 Å². The second-order valence-corrected chi connectivity index (χ2v) is 4.15. The lowest BCUT2D eigenvalue weighted by molar-refractivity contribution is -0.141. The first kappa shape index (κ1) is 10.5. The molecule has 1 rings (SSSR count). The minimum atomic E-state index is -0.703. The summed E-state index contributed by atoms with van der Waals surface area (Å²) in [6.45, 7) is 1.76. The number of hydrogen-bond acceptors (Lipinski definition) is 2. The molecule has 1 saturated carbocycles. The van der Waals surface area contributed by atoms with Gasteiger partial charge in [0.15, 0.2) is 0 Å². The first-order chi connectivity index (χ1) is 6.09. The van der Waals surface area contributed by atoms with E-state index in [1.807, 2.05) is 0 Å². The second-order valence-electron chi connectivity index (χ2n) is 4.15. The molecule has 3 heteroatoms. The molecule has 1 fully saturated rings. The molecule has 1 aliphatic carbocycles. The van der Waals surface area contributed by atoms with E-state index in [0.29, 0.717) is 5.92 Å². The number of aliphatic hydroxyl groups is 1. The lowest BCUT2D eigenvalue weighted by Gasteiger charge is -2.26. The highest BCUT2D eigenvalue weighted by molar-refractivity contribution is 5.69. The van der Waals surface area contributed by atoms with Crippen molar-refractivity contribution in [3.63, 3.8) is 0 Å². The molecule has 1 aliphatic rings. The van der Waals surface area contributed by atoms with Crippen molar-refractivity contribution in [2.45, 2.75) is 45.1 Å². The summed E-state index contributed by atoms with van der Waals surface area (Å²) >= 11 is 0. The normalized spacial score (nSPS) is 31.2. The summed E-state index contributed by atoms with van der Waals surface area (Å²) in [5, 5.41) is 18.0. The Labute approximate surface area is 78.8 Å². The summed E-state index contributed by atoms with van der Waals surface area (Å²) in [7, 11) is 0. The molecule has 0 radical (unpaired) electrons. The molecule has 1 atom stereocenters. The number of hydrogen-bond donors (Lipinski definition) is 2. The molecule has 0 aromatic carbocycles. The first-order valence-electron chi connectivity index (χ1n) is 5.00. The summed E-state index contributed by atoms with van der Waals surface area (Å²) in [5.41, 5.74) is 0. The molecule has 2 N–H and O–H groups in total. The van der Waals surface area contributed by atoms with Gasteiger partial charge < -0.3 is 10.2 Å². The molecule has 0 saturated heterocycles. The summed E-state index contributed by atoms with van der Waals surface area (Å²) in [6.07, 6.45) is 4.28. The standard InChI is InChI=1S/C10H18O3/c1-7(10(12)13)6-8-2-4-9(11)5-3-8/h7-9,11H,2-6H2,1H3,(H,12,13)/t7-,8?,9?/m0/s1. The van der Waals surface area contributed by atoms with Crippen molar-refractivity contribution in [3.8, 4) is 0 Å². The molecule has 0 spiro atoms. The van der Waals surface area contributed by atoms with Crippen LogP contribution in [0.4, 0.5) is 0 Å². The fourth-order valence-corrected chi connectivity index (χ4v) is 1.98. The van der Waals surface area contributed by atoms with E-state index in [1.165, 1.54) is 0 Å². The van der Waals surface area contributed by atoms with Gasteiger partial charge in [-0.1, -0.05) is 6.92 Å². The van der Waals surface area contributed by atoms with E-state index in [1.54, 1.807) is 6.92 Å². The van der Waals surface area contributed by atoms with Crippen molar-refractivity contribution in [2.24, 2.45) is 11.8 Å². The third-order valence-electron chi connectivity index (χ3n) is 2.92. The van der Waals surface area contributed by atoms with Crippen LogP contribution in [-0.4, -0.2) is 22.3 Å². The number of aliphatic hydroxyl groups excluding tert-OH is 1. The maximum atomic E-state index is 10.6. The van der Waals surface area contributed by atoms with Gasteiger partial charge in [-0.2, -0.15) is 0 Å². The van der Waals surface area contributed by atoms with Crippen LogP contribution in [0.25, 0.3) is 0 Å². The van der Waals surface area contributed by atoms with E-state index in [-0.39, 0.29) is 12.0 Å². The molecule has 0 aromatic rings.